The summed E-state index contributed by atoms with van der Waals surface area (Å²) in [5, 5.41) is 7.52. The van der Waals surface area contributed by atoms with Crippen molar-refractivity contribution < 1.29 is 4.79 Å². The van der Waals surface area contributed by atoms with Gasteiger partial charge in [0.15, 0.2) is 0 Å². The van der Waals surface area contributed by atoms with E-state index in [1.165, 1.54) is 4.68 Å². The lowest BCUT2D eigenvalue weighted by atomic mass is 10.0. The van der Waals surface area contributed by atoms with Crippen LogP contribution in [0.25, 0.3) is 11.0 Å². The summed E-state index contributed by atoms with van der Waals surface area (Å²) in [6.07, 6.45) is 5.08. The number of aromatic nitrogens is 4. The van der Waals surface area contributed by atoms with Gasteiger partial charge in [0.05, 0.1) is 22.8 Å². The number of carbonyl (C=O) groups excluding carboxylic acids is 1. The lowest BCUT2D eigenvalue weighted by Crippen LogP contribution is -2.38. The van der Waals surface area contributed by atoms with E-state index in [1.54, 1.807) is 6.07 Å². The first-order chi connectivity index (χ1) is 14.0. The summed E-state index contributed by atoms with van der Waals surface area (Å²) in [7, 11) is 0. The van der Waals surface area contributed by atoms with Crippen molar-refractivity contribution >= 4 is 16.9 Å². The molecular weight excluding hydrogens is 366 g/mol. The van der Waals surface area contributed by atoms with Crippen molar-refractivity contribution in [3.05, 3.63) is 57.8 Å². The lowest BCUT2D eigenvalue weighted by molar-refractivity contribution is -0.123. The van der Waals surface area contributed by atoms with E-state index in [0.29, 0.717) is 0 Å². The van der Waals surface area contributed by atoms with E-state index in [2.05, 4.69) is 20.4 Å². The van der Waals surface area contributed by atoms with E-state index in [4.69, 9.17) is 0 Å². The van der Waals surface area contributed by atoms with Gasteiger partial charge in [-0.3, -0.25) is 9.59 Å². The Balaban J connectivity index is 1.53. The first-order valence-electron chi connectivity index (χ1n) is 10.3. The molecule has 0 fully saturated rings. The third-order valence-electron chi connectivity index (χ3n) is 5.50. The van der Waals surface area contributed by atoms with Crippen molar-refractivity contribution in [3.8, 4) is 0 Å². The highest BCUT2D eigenvalue weighted by molar-refractivity contribution is 5.77. The number of aromatic amines is 1. The predicted molar refractivity (Wildman–Crippen MR) is 112 cm³/mol. The van der Waals surface area contributed by atoms with Crippen molar-refractivity contribution in [2.24, 2.45) is 5.92 Å². The Bertz CT molecular complexity index is 1050. The highest BCUT2D eigenvalue weighted by Crippen LogP contribution is 2.22. The maximum absolute atomic E-state index is 12.8. The van der Waals surface area contributed by atoms with Crippen molar-refractivity contribution in [2.75, 3.05) is 0 Å². The highest BCUT2D eigenvalue weighted by atomic mass is 16.2. The third kappa shape index (κ3) is 4.23. The van der Waals surface area contributed by atoms with Gasteiger partial charge in [-0.15, -0.1) is 0 Å². The number of hydrogen-bond donors (Lipinski definition) is 2. The van der Waals surface area contributed by atoms with Crippen LogP contribution in [0, 0.1) is 5.92 Å². The average molecular weight is 393 g/mol. The molecule has 0 saturated carbocycles. The monoisotopic (exact) mass is 393 g/mol. The van der Waals surface area contributed by atoms with E-state index in [9.17, 15) is 9.59 Å². The molecule has 1 amide bonds. The van der Waals surface area contributed by atoms with Gasteiger partial charge in [0.1, 0.15) is 12.4 Å². The molecule has 1 atom stereocenters. The maximum Gasteiger partial charge on any atom is 0.267 e. The zero-order valence-corrected chi connectivity index (χ0v) is 16.9. The fourth-order valence-electron chi connectivity index (χ4n) is 3.92. The number of imidazole rings is 1. The van der Waals surface area contributed by atoms with Crippen LogP contribution < -0.4 is 10.9 Å². The highest BCUT2D eigenvalue weighted by Gasteiger charge is 2.22. The molecule has 0 bridgehead atoms. The van der Waals surface area contributed by atoms with Crippen LogP contribution in [0.1, 0.15) is 56.2 Å². The number of amides is 1. The SMILES string of the molecule is CC(C)C(NC(=O)Cn1nc2c(cc1=O)CCCCC2)c1nc2ccccc2[nH]1. The molecule has 2 aromatic heterocycles. The van der Waals surface area contributed by atoms with Crippen molar-refractivity contribution in [1.82, 2.24) is 25.1 Å². The van der Waals surface area contributed by atoms with Crippen LogP contribution in [0.5, 0.6) is 0 Å². The van der Waals surface area contributed by atoms with E-state index >= 15 is 0 Å². The second-order valence-electron chi connectivity index (χ2n) is 8.10. The zero-order valence-electron chi connectivity index (χ0n) is 16.9. The summed E-state index contributed by atoms with van der Waals surface area (Å²) in [5.74, 6) is 0.611. The molecule has 2 heterocycles. The van der Waals surface area contributed by atoms with Gasteiger partial charge >= 0.3 is 0 Å². The summed E-state index contributed by atoms with van der Waals surface area (Å²) in [4.78, 5) is 33.1. The summed E-state index contributed by atoms with van der Waals surface area (Å²) in [6, 6.07) is 9.17. The molecule has 1 unspecified atom stereocenters. The number of hydrogen-bond acceptors (Lipinski definition) is 4. The van der Waals surface area contributed by atoms with E-state index in [0.717, 1.165) is 60.2 Å². The van der Waals surface area contributed by atoms with Crippen molar-refractivity contribution in [3.63, 3.8) is 0 Å². The maximum atomic E-state index is 12.8. The first kappa shape index (κ1) is 19.4. The second kappa shape index (κ2) is 8.19. The molecule has 3 aromatic rings. The lowest BCUT2D eigenvalue weighted by Gasteiger charge is -2.20. The zero-order chi connectivity index (χ0) is 20.4. The summed E-state index contributed by atoms with van der Waals surface area (Å²) >= 11 is 0. The van der Waals surface area contributed by atoms with Crippen LogP contribution in [0.15, 0.2) is 35.1 Å². The van der Waals surface area contributed by atoms with Gasteiger partial charge < -0.3 is 10.3 Å². The third-order valence-corrected chi connectivity index (χ3v) is 5.50. The predicted octanol–water partition coefficient (Wildman–Crippen LogP) is 2.90. The fourth-order valence-corrected chi connectivity index (χ4v) is 3.92. The molecule has 0 saturated heterocycles. The summed E-state index contributed by atoms with van der Waals surface area (Å²) in [5.41, 5.74) is 3.57. The molecule has 1 aliphatic carbocycles. The number of nitrogens with one attached hydrogen (secondary N) is 2. The second-order valence-corrected chi connectivity index (χ2v) is 8.10. The molecule has 1 aliphatic rings. The van der Waals surface area contributed by atoms with E-state index < -0.39 is 0 Å². The molecule has 0 radical (unpaired) electrons. The topological polar surface area (TPSA) is 92.7 Å². The Kier molecular flexibility index (Phi) is 5.47. The molecule has 29 heavy (non-hydrogen) atoms. The number of aryl methyl sites for hydroxylation is 2. The molecule has 0 spiro atoms. The molecule has 152 valence electrons. The number of nitrogens with zero attached hydrogens (tertiary/aromatic N) is 3. The van der Waals surface area contributed by atoms with Crippen molar-refractivity contribution in [2.45, 2.75) is 58.5 Å². The largest absolute Gasteiger partial charge is 0.344 e. The number of carbonyl (C=O) groups is 1. The van der Waals surface area contributed by atoms with Crippen LogP contribution in [-0.4, -0.2) is 25.7 Å². The van der Waals surface area contributed by atoms with E-state index in [1.807, 2.05) is 38.1 Å². The standard InChI is InChI=1S/C22H27N5O2/c1-14(2)21(22-23-17-10-6-7-11-18(17)24-22)25-19(28)13-27-20(29)12-15-8-4-3-5-9-16(15)26-27/h6-7,10-12,14,21H,3-5,8-9,13H2,1-2H3,(H,23,24)(H,25,28). The van der Waals surface area contributed by atoms with Gasteiger partial charge in [-0.1, -0.05) is 32.4 Å². The van der Waals surface area contributed by atoms with Crippen LogP contribution >= 0.6 is 0 Å². The van der Waals surface area contributed by atoms with Gasteiger partial charge in [0, 0.05) is 6.07 Å². The minimum absolute atomic E-state index is 0.0877. The molecule has 4 rings (SSSR count). The van der Waals surface area contributed by atoms with Crippen molar-refractivity contribution in [1.29, 1.82) is 0 Å². The quantitative estimate of drug-likeness (QED) is 0.652. The van der Waals surface area contributed by atoms with E-state index in [-0.39, 0.29) is 30.0 Å². The first-order valence-corrected chi connectivity index (χ1v) is 10.3. The average Bonchev–Trinajstić information content (AvgIpc) is 2.99. The fraction of sp³-hybridized carbons (Fsp3) is 0.455. The Morgan fingerprint density at radius 3 is 2.79 bits per heavy atom. The summed E-state index contributed by atoms with van der Waals surface area (Å²) in [6.45, 7) is 3.98. The van der Waals surface area contributed by atoms with Crippen LogP contribution in [-0.2, 0) is 24.2 Å². The molecule has 7 heteroatoms. The van der Waals surface area contributed by atoms with Gasteiger partial charge in [-0.2, -0.15) is 5.10 Å². The Hall–Kier alpha value is -2.96. The van der Waals surface area contributed by atoms with Crippen LogP contribution in [0.4, 0.5) is 0 Å². The number of benzene rings is 1. The number of para-hydroxylation sites is 2. The Morgan fingerprint density at radius 2 is 2.00 bits per heavy atom. The molecule has 7 nitrogen and oxygen atoms in total. The number of rotatable bonds is 5. The number of H-pyrrole nitrogens is 1. The smallest absolute Gasteiger partial charge is 0.267 e. The summed E-state index contributed by atoms with van der Waals surface area (Å²) < 4.78 is 1.29. The van der Waals surface area contributed by atoms with Gasteiger partial charge in [0.2, 0.25) is 5.91 Å². The minimum Gasteiger partial charge on any atom is -0.344 e. The Morgan fingerprint density at radius 1 is 1.21 bits per heavy atom. The van der Waals surface area contributed by atoms with Gasteiger partial charge in [-0.05, 0) is 49.3 Å². The van der Waals surface area contributed by atoms with Crippen LogP contribution in [0.2, 0.25) is 0 Å². The molecule has 0 aliphatic heterocycles. The molecule has 2 N–H and O–H groups in total. The van der Waals surface area contributed by atoms with Gasteiger partial charge in [0.25, 0.3) is 5.56 Å². The molecular formula is C22H27N5O2. The minimum atomic E-state index is -0.272. The van der Waals surface area contributed by atoms with Gasteiger partial charge in [-0.25, -0.2) is 9.67 Å². The molecule has 1 aromatic carbocycles. The Labute approximate surface area is 169 Å². The number of fused-ring (bicyclic) bond motifs is 2. The normalized spacial score (nSPS) is 15.1. The van der Waals surface area contributed by atoms with Crippen LogP contribution in [0.3, 0.4) is 0 Å².